The standard InChI is InChI=1S/C17H22O2/c1-6-8-9-10-18-16-12-15(7-2)11-14(5)17(16)19-13(3)4/h1,11-12H,3,7-10H2,2,4-5H3. The predicted molar refractivity (Wildman–Crippen MR) is 79.6 cm³/mol. The summed E-state index contributed by atoms with van der Waals surface area (Å²) in [6, 6.07) is 4.15. The fourth-order valence-electron chi connectivity index (χ4n) is 1.79. The van der Waals surface area contributed by atoms with E-state index in [1.807, 2.05) is 19.9 Å². The van der Waals surface area contributed by atoms with E-state index in [-0.39, 0.29) is 0 Å². The van der Waals surface area contributed by atoms with Gasteiger partial charge in [-0.25, -0.2) is 0 Å². The Labute approximate surface area is 116 Å². The smallest absolute Gasteiger partial charge is 0.171 e. The molecule has 0 amide bonds. The minimum Gasteiger partial charge on any atom is -0.490 e. The van der Waals surface area contributed by atoms with E-state index in [2.05, 4.69) is 25.5 Å². The Kier molecular flexibility index (Phi) is 6.02. The minimum absolute atomic E-state index is 0.601. The van der Waals surface area contributed by atoms with Crippen LogP contribution in [0.4, 0.5) is 0 Å². The highest BCUT2D eigenvalue weighted by Crippen LogP contribution is 2.34. The Balaban J connectivity index is 2.93. The summed E-state index contributed by atoms with van der Waals surface area (Å²) in [5.41, 5.74) is 2.30. The fourth-order valence-corrected chi connectivity index (χ4v) is 1.79. The molecule has 1 rings (SSSR count). The van der Waals surface area contributed by atoms with Crippen LogP contribution in [0, 0.1) is 19.3 Å². The molecule has 0 aromatic heterocycles. The number of ether oxygens (including phenoxy) is 2. The highest BCUT2D eigenvalue weighted by atomic mass is 16.5. The van der Waals surface area contributed by atoms with Crippen molar-refractivity contribution < 1.29 is 9.47 Å². The van der Waals surface area contributed by atoms with Crippen LogP contribution in [-0.2, 0) is 6.42 Å². The van der Waals surface area contributed by atoms with Crippen molar-refractivity contribution in [3.8, 4) is 23.8 Å². The van der Waals surface area contributed by atoms with Gasteiger partial charge in [-0.3, -0.25) is 0 Å². The van der Waals surface area contributed by atoms with Crippen LogP contribution in [0.2, 0.25) is 0 Å². The number of terminal acetylenes is 1. The Morgan fingerprint density at radius 3 is 2.74 bits per heavy atom. The van der Waals surface area contributed by atoms with Crippen LogP contribution in [0.5, 0.6) is 11.5 Å². The van der Waals surface area contributed by atoms with Gasteiger partial charge in [0.15, 0.2) is 11.5 Å². The molecule has 0 unspecified atom stereocenters. The maximum atomic E-state index is 5.80. The van der Waals surface area contributed by atoms with Gasteiger partial charge >= 0.3 is 0 Å². The third kappa shape index (κ3) is 4.71. The van der Waals surface area contributed by atoms with E-state index in [9.17, 15) is 0 Å². The molecule has 0 aliphatic heterocycles. The van der Waals surface area contributed by atoms with Crippen molar-refractivity contribution in [2.45, 2.75) is 40.0 Å². The van der Waals surface area contributed by atoms with Crippen LogP contribution in [-0.4, -0.2) is 6.61 Å². The zero-order chi connectivity index (χ0) is 14.3. The molecule has 0 fully saturated rings. The lowest BCUT2D eigenvalue weighted by Crippen LogP contribution is -2.02. The number of allylic oxidation sites excluding steroid dienone is 1. The van der Waals surface area contributed by atoms with Crippen LogP contribution in [0.3, 0.4) is 0 Å². The quantitative estimate of drug-likeness (QED) is 0.413. The molecule has 0 N–H and O–H groups in total. The molecule has 1 aromatic rings. The molecule has 102 valence electrons. The molecule has 19 heavy (non-hydrogen) atoms. The first kappa shape index (κ1) is 15.2. The number of unbranched alkanes of at least 4 members (excludes halogenated alkanes) is 1. The number of hydrogen-bond donors (Lipinski definition) is 0. The lowest BCUT2D eigenvalue weighted by Gasteiger charge is -2.16. The Bertz CT molecular complexity index is 481. The maximum absolute atomic E-state index is 5.80. The first-order valence-corrected chi connectivity index (χ1v) is 6.61. The van der Waals surface area contributed by atoms with Gasteiger partial charge in [0, 0.05) is 6.42 Å². The van der Waals surface area contributed by atoms with Crippen LogP contribution < -0.4 is 9.47 Å². The second-order valence-corrected chi connectivity index (χ2v) is 4.55. The minimum atomic E-state index is 0.601. The van der Waals surface area contributed by atoms with Gasteiger partial charge < -0.3 is 9.47 Å². The molecule has 0 spiro atoms. The lowest BCUT2D eigenvalue weighted by atomic mass is 10.1. The van der Waals surface area contributed by atoms with Crippen molar-refractivity contribution in [1.82, 2.24) is 0 Å². The molecule has 0 aliphatic carbocycles. The monoisotopic (exact) mass is 258 g/mol. The molecule has 0 heterocycles. The number of benzene rings is 1. The van der Waals surface area contributed by atoms with Gasteiger partial charge in [0.05, 0.1) is 12.4 Å². The normalized spacial score (nSPS) is 9.79. The van der Waals surface area contributed by atoms with Gasteiger partial charge in [-0.15, -0.1) is 12.3 Å². The highest BCUT2D eigenvalue weighted by molar-refractivity contribution is 5.49. The summed E-state index contributed by atoms with van der Waals surface area (Å²) in [5.74, 6) is 4.79. The van der Waals surface area contributed by atoms with Gasteiger partial charge in [0.2, 0.25) is 0 Å². The molecule has 0 atom stereocenters. The van der Waals surface area contributed by atoms with Crippen LogP contribution in [0.15, 0.2) is 24.5 Å². The first-order chi connectivity index (χ1) is 9.08. The molecular formula is C17H22O2. The Morgan fingerprint density at radius 2 is 2.16 bits per heavy atom. The maximum Gasteiger partial charge on any atom is 0.171 e. The van der Waals surface area contributed by atoms with Crippen LogP contribution in [0.1, 0.15) is 37.8 Å². The van der Waals surface area contributed by atoms with Crippen LogP contribution >= 0.6 is 0 Å². The van der Waals surface area contributed by atoms with Crippen molar-refractivity contribution in [3.05, 3.63) is 35.6 Å². The summed E-state index contributed by atoms with van der Waals surface area (Å²) < 4.78 is 11.5. The molecular weight excluding hydrogens is 236 g/mol. The average Bonchev–Trinajstić information content (AvgIpc) is 2.37. The van der Waals surface area contributed by atoms with Gasteiger partial charge in [0.1, 0.15) is 0 Å². The van der Waals surface area contributed by atoms with Crippen molar-refractivity contribution in [2.75, 3.05) is 6.61 Å². The molecule has 1 aromatic carbocycles. The van der Waals surface area contributed by atoms with Gasteiger partial charge in [-0.1, -0.05) is 19.6 Å². The van der Waals surface area contributed by atoms with Gasteiger partial charge in [0.25, 0.3) is 0 Å². The Morgan fingerprint density at radius 1 is 1.42 bits per heavy atom. The van der Waals surface area contributed by atoms with Gasteiger partial charge in [-0.05, 0) is 43.9 Å². The number of rotatable bonds is 7. The average molecular weight is 258 g/mol. The second kappa shape index (κ2) is 7.53. The summed E-state index contributed by atoms with van der Waals surface area (Å²) in [6.45, 7) is 10.4. The van der Waals surface area contributed by atoms with Gasteiger partial charge in [-0.2, -0.15) is 0 Å². The van der Waals surface area contributed by atoms with E-state index < -0.39 is 0 Å². The number of aryl methyl sites for hydroxylation is 2. The second-order valence-electron chi connectivity index (χ2n) is 4.55. The molecule has 0 saturated carbocycles. The third-order valence-corrected chi connectivity index (χ3v) is 2.71. The predicted octanol–water partition coefficient (Wildman–Crippen LogP) is 4.26. The van der Waals surface area contributed by atoms with E-state index in [4.69, 9.17) is 15.9 Å². The molecule has 0 aliphatic rings. The summed E-state index contributed by atoms with van der Waals surface area (Å²) in [6.07, 6.45) is 7.77. The van der Waals surface area contributed by atoms with E-state index in [1.54, 1.807) is 0 Å². The summed E-state index contributed by atoms with van der Waals surface area (Å²) >= 11 is 0. The van der Waals surface area contributed by atoms with Crippen molar-refractivity contribution in [2.24, 2.45) is 0 Å². The van der Waals surface area contributed by atoms with E-state index in [0.29, 0.717) is 12.4 Å². The zero-order valence-corrected chi connectivity index (χ0v) is 12.1. The molecule has 2 nitrogen and oxygen atoms in total. The zero-order valence-electron chi connectivity index (χ0n) is 12.1. The van der Waals surface area contributed by atoms with E-state index in [1.165, 1.54) is 5.56 Å². The summed E-state index contributed by atoms with van der Waals surface area (Å²) in [7, 11) is 0. The van der Waals surface area contributed by atoms with Crippen molar-refractivity contribution >= 4 is 0 Å². The Hall–Kier alpha value is -1.88. The first-order valence-electron chi connectivity index (χ1n) is 6.61. The summed E-state index contributed by atoms with van der Waals surface area (Å²) in [4.78, 5) is 0. The third-order valence-electron chi connectivity index (χ3n) is 2.71. The van der Waals surface area contributed by atoms with Crippen LogP contribution in [0.25, 0.3) is 0 Å². The number of hydrogen-bond acceptors (Lipinski definition) is 2. The highest BCUT2D eigenvalue weighted by Gasteiger charge is 2.11. The van der Waals surface area contributed by atoms with Crippen molar-refractivity contribution in [3.63, 3.8) is 0 Å². The molecule has 0 bridgehead atoms. The van der Waals surface area contributed by atoms with E-state index in [0.717, 1.165) is 36.3 Å². The largest absolute Gasteiger partial charge is 0.490 e. The molecule has 0 saturated heterocycles. The lowest BCUT2D eigenvalue weighted by molar-refractivity contribution is 0.292. The van der Waals surface area contributed by atoms with E-state index >= 15 is 0 Å². The molecule has 2 heteroatoms. The molecule has 0 radical (unpaired) electrons. The fraction of sp³-hybridized carbons (Fsp3) is 0.412. The SMILES string of the molecule is C#CCCCOc1cc(CC)cc(C)c1OC(=C)C. The summed E-state index contributed by atoms with van der Waals surface area (Å²) in [5, 5.41) is 0. The topological polar surface area (TPSA) is 18.5 Å². The van der Waals surface area contributed by atoms with Crippen molar-refractivity contribution in [1.29, 1.82) is 0 Å².